The van der Waals surface area contributed by atoms with Gasteiger partial charge in [-0.25, -0.2) is 13.6 Å². The highest BCUT2D eigenvalue weighted by Crippen LogP contribution is 2.15. The Bertz CT molecular complexity index is 689. The van der Waals surface area contributed by atoms with Crippen molar-refractivity contribution >= 4 is 17.6 Å². The fourth-order valence-corrected chi connectivity index (χ4v) is 1.68. The van der Waals surface area contributed by atoms with Crippen LogP contribution in [-0.2, 0) is 9.53 Å². The molecule has 1 atom stereocenters. The van der Waals surface area contributed by atoms with Gasteiger partial charge < -0.3 is 10.1 Å². The summed E-state index contributed by atoms with van der Waals surface area (Å²) in [4.78, 5) is 23.7. The molecule has 114 valence electrons. The van der Waals surface area contributed by atoms with Crippen LogP contribution < -0.4 is 5.32 Å². The van der Waals surface area contributed by atoms with Crippen molar-refractivity contribution in [2.24, 2.45) is 0 Å². The van der Waals surface area contributed by atoms with Gasteiger partial charge in [0.25, 0.3) is 5.91 Å². The third-order valence-electron chi connectivity index (χ3n) is 2.85. The summed E-state index contributed by atoms with van der Waals surface area (Å²) in [7, 11) is 0. The Labute approximate surface area is 125 Å². The number of carbonyl (C=O) groups is 2. The van der Waals surface area contributed by atoms with Crippen LogP contribution in [0.4, 0.5) is 14.5 Å². The Balaban J connectivity index is 1.99. The fourth-order valence-electron chi connectivity index (χ4n) is 1.68. The monoisotopic (exact) mass is 305 g/mol. The molecule has 0 radical (unpaired) electrons. The summed E-state index contributed by atoms with van der Waals surface area (Å²) in [5.74, 6) is -3.04. The van der Waals surface area contributed by atoms with Crippen LogP contribution in [0.2, 0.25) is 0 Å². The van der Waals surface area contributed by atoms with Gasteiger partial charge in [0.15, 0.2) is 6.10 Å². The van der Waals surface area contributed by atoms with Crippen LogP contribution in [-0.4, -0.2) is 18.0 Å². The quantitative estimate of drug-likeness (QED) is 0.883. The number of anilines is 1. The number of halogens is 2. The lowest BCUT2D eigenvalue weighted by Crippen LogP contribution is -2.30. The van der Waals surface area contributed by atoms with Crippen LogP contribution in [0, 0.1) is 11.6 Å². The summed E-state index contributed by atoms with van der Waals surface area (Å²) in [6, 6.07) is 10.9. The molecule has 0 aliphatic carbocycles. The Hall–Kier alpha value is -2.76. The standard InChI is InChI=1S/C16H13F2NO3/c1-10(22-16(21)11-5-3-2-4-6-11)15(20)19-14-8-7-12(17)9-13(14)18/h2-10H,1H3,(H,19,20). The second-order valence-electron chi connectivity index (χ2n) is 4.53. The molecule has 0 aromatic heterocycles. The first-order valence-electron chi connectivity index (χ1n) is 6.49. The largest absolute Gasteiger partial charge is 0.449 e. The summed E-state index contributed by atoms with van der Waals surface area (Å²) in [6.07, 6.45) is -1.13. The number of benzene rings is 2. The Morgan fingerprint density at radius 3 is 2.41 bits per heavy atom. The number of carbonyl (C=O) groups excluding carboxylic acids is 2. The van der Waals surface area contributed by atoms with E-state index in [2.05, 4.69) is 5.32 Å². The highest BCUT2D eigenvalue weighted by Gasteiger charge is 2.20. The molecule has 0 fully saturated rings. The van der Waals surface area contributed by atoms with Gasteiger partial charge in [0, 0.05) is 6.07 Å². The van der Waals surface area contributed by atoms with E-state index >= 15 is 0 Å². The average Bonchev–Trinajstić information content (AvgIpc) is 2.50. The van der Waals surface area contributed by atoms with Gasteiger partial charge in [-0.1, -0.05) is 18.2 Å². The first kappa shape index (κ1) is 15.6. The van der Waals surface area contributed by atoms with Gasteiger partial charge >= 0.3 is 5.97 Å². The SMILES string of the molecule is CC(OC(=O)c1ccccc1)C(=O)Nc1ccc(F)cc1F. The molecule has 2 aromatic rings. The van der Waals surface area contributed by atoms with Crippen LogP contribution >= 0.6 is 0 Å². The fraction of sp³-hybridized carbons (Fsp3) is 0.125. The first-order valence-corrected chi connectivity index (χ1v) is 6.49. The summed E-state index contributed by atoms with van der Waals surface area (Å²) in [5.41, 5.74) is 0.115. The van der Waals surface area contributed by atoms with E-state index in [1.165, 1.54) is 6.92 Å². The molecular weight excluding hydrogens is 292 g/mol. The first-order chi connectivity index (χ1) is 10.5. The summed E-state index contributed by atoms with van der Waals surface area (Å²) in [5, 5.41) is 2.24. The van der Waals surface area contributed by atoms with Crippen molar-refractivity contribution in [2.45, 2.75) is 13.0 Å². The van der Waals surface area contributed by atoms with E-state index in [4.69, 9.17) is 4.74 Å². The number of ether oxygens (including phenoxy) is 1. The van der Waals surface area contributed by atoms with E-state index in [0.29, 0.717) is 11.6 Å². The maximum absolute atomic E-state index is 13.4. The van der Waals surface area contributed by atoms with E-state index in [9.17, 15) is 18.4 Å². The molecule has 1 N–H and O–H groups in total. The molecule has 2 rings (SSSR count). The summed E-state index contributed by atoms with van der Waals surface area (Å²) < 4.78 is 31.2. The molecule has 0 saturated carbocycles. The number of amides is 1. The second kappa shape index (κ2) is 6.80. The van der Waals surface area contributed by atoms with Crippen LogP contribution in [0.3, 0.4) is 0 Å². The highest BCUT2D eigenvalue weighted by atomic mass is 19.1. The zero-order valence-electron chi connectivity index (χ0n) is 11.7. The number of esters is 1. The van der Waals surface area contributed by atoms with Crippen molar-refractivity contribution in [3.8, 4) is 0 Å². The van der Waals surface area contributed by atoms with Gasteiger partial charge in [0.2, 0.25) is 0 Å². The summed E-state index contributed by atoms with van der Waals surface area (Å²) >= 11 is 0. The Morgan fingerprint density at radius 2 is 1.77 bits per heavy atom. The topological polar surface area (TPSA) is 55.4 Å². The predicted molar refractivity (Wildman–Crippen MR) is 76.3 cm³/mol. The number of nitrogens with one attached hydrogen (secondary N) is 1. The highest BCUT2D eigenvalue weighted by molar-refractivity contribution is 5.97. The van der Waals surface area contributed by atoms with Crippen molar-refractivity contribution < 1.29 is 23.1 Å². The molecule has 0 bridgehead atoms. The molecule has 0 heterocycles. The third kappa shape index (κ3) is 3.88. The van der Waals surface area contributed by atoms with E-state index in [1.807, 2.05) is 0 Å². The molecular formula is C16H13F2NO3. The number of rotatable bonds is 4. The molecule has 0 saturated heterocycles. The van der Waals surface area contributed by atoms with E-state index in [-0.39, 0.29) is 5.69 Å². The van der Waals surface area contributed by atoms with Crippen molar-refractivity contribution in [3.05, 3.63) is 65.7 Å². The zero-order chi connectivity index (χ0) is 16.1. The molecule has 22 heavy (non-hydrogen) atoms. The van der Waals surface area contributed by atoms with Crippen molar-refractivity contribution in [2.75, 3.05) is 5.32 Å². The lowest BCUT2D eigenvalue weighted by Gasteiger charge is -2.14. The van der Waals surface area contributed by atoms with E-state index < -0.39 is 29.6 Å². The van der Waals surface area contributed by atoms with Gasteiger partial charge in [-0.15, -0.1) is 0 Å². The van der Waals surface area contributed by atoms with Gasteiger partial charge in [-0.05, 0) is 31.2 Å². The smallest absolute Gasteiger partial charge is 0.338 e. The zero-order valence-corrected chi connectivity index (χ0v) is 11.7. The molecule has 4 nitrogen and oxygen atoms in total. The molecule has 1 unspecified atom stereocenters. The predicted octanol–water partition coefficient (Wildman–Crippen LogP) is 3.15. The minimum Gasteiger partial charge on any atom is -0.449 e. The van der Waals surface area contributed by atoms with Crippen LogP contribution in [0.5, 0.6) is 0 Å². The van der Waals surface area contributed by atoms with Crippen LogP contribution in [0.25, 0.3) is 0 Å². The molecule has 2 aromatic carbocycles. The van der Waals surface area contributed by atoms with Gasteiger partial charge in [-0.3, -0.25) is 4.79 Å². The number of hydrogen-bond acceptors (Lipinski definition) is 3. The molecule has 0 aliphatic heterocycles. The van der Waals surface area contributed by atoms with Gasteiger partial charge in [0.1, 0.15) is 11.6 Å². The van der Waals surface area contributed by atoms with Crippen LogP contribution in [0.1, 0.15) is 17.3 Å². The number of hydrogen-bond donors (Lipinski definition) is 1. The minimum atomic E-state index is -1.13. The lowest BCUT2D eigenvalue weighted by molar-refractivity contribution is -0.123. The minimum absolute atomic E-state index is 0.186. The maximum Gasteiger partial charge on any atom is 0.338 e. The van der Waals surface area contributed by atoms with Crippen LogP contribution in [0.15, 0.2) is 48.5 Å². The lowest BCUT2D eigenvalue weighted by atomic mass is 10.2. The van der Waals surface area contributed by atoms with Crippen molar-refractivity contribution in [3.63, 3.8) is 0 Å². The molecule has 1 amide bonds. The third-order valence-corrected chi connectivity index (χ3v) is 2.85. The van der Waals surface area contributed by atoms with Crippen molar-refractivity contribution in [1.29, 1.82) is 0 Å². The Morgan fingerprint density at radius 1 is 1.09 bits per heavy atom. The molecule has 0 spiro atoms. The normalized spacial score (nSPS) is 11.6. The van der Waals surface area contributed by atoms with Gasteiger partial charge in [-0.2, -0.15) is 0 Å². The van der Waals surface area contributed by atoms with E-state index in [1.54, 1.807) is 30.3 Å². The maximum atomic E-state index is 13.4. The van der Waals surface area contributed by atoms with Crippen molar-refractivity contribution in [1.82, 2.24) is 0 Å². The molecule has 0 aliphatic rings. The Kier molecular flexibility index (Phi) is 4.83. The van der Waals surface area contributed by atoms with E-state index in [0.717, 1.165) is 12.1 Å². The van der Waals surface area contributed by atoms with Gasteiger partial charge in [0.05, 0.1) is 11.3 Å². The molecule has 6 heteroatoms. The second-order valence-corrected chi connectivity index (χ2v) is 4.53. The average molecular weight is 305 g/mol. The summed E-state index contributed by atoms with van der Waals surface area (Å²) in [6.45, 7) is 1.36.